The van der Waals surface area contributed by atoms with Crippen LogP contribution in [-0.4, -0.2) is 60.6 Å². The van der Waals surface area contributed by atoms with Crippen LogP contribution in [0, 0.1) is 0 Å². The molecule has 0 aliphatic carbocycles. The number of carbonyl (C=O) groups is 2. The van der Waals surface area contributed by atoms with Crippen LogP contribution in [0.1, 0.15) is 28.4 Å². The summed E-state index contributed by atoms with van der Waals surface area (Å²) in [4.78, 5) is 30.6. The van der Waals surface area contributed by atoms with Gasteiger partial charge in [0, 0.05) is 42.7 Å². The Bertz CT molecular complexity index is 1100. The molecule has 3 heterocycles. The number of fused-ring (bicyclic) bond motifs is 1. The number of methoxy groups -OCH3 is 1. The van der Waals surface area contributed by atoms with Crippen molar-refractivity contribution in [1.82, 2.24) is 15.2 Å². The van der Waals surface area contributed by atoms with Gasteiger partial charge < -0.3 is 25.3 Å². The van der Waals surface area contributed by atoms with E-state index in [4.69, 9.17) is 4.74 Å². The first-order valence-electron chi connectivity index (χ1n) is 10.7. The number of likely N-dealkylation sites (tertiary alicyclic amines) is 1. The van der Waals surface area contributed by atoms with Crippen LogP contribution in [0.15, 0.2) is 54.6 Å². The average Bonchev–Trinajstić information content (AvgIpc) is 3.40. The highest BCUT2D eigenvalue weighted by Gasteiger charge is 2.34. The zero-order valence-electron chi connectivity index (χ0n) is 17.4. The molecule has 31 heavy (non-hydrogen) atoms. The summed E-state index contributed by atoms with van der Waals surface area (Å²) < 4.78 is 5.24. The standard InChI is InChI=1S/C24H26N4O3/c1-31-18-13-28(14-18)24(30)21-12-16-11-17(7-8-20(16)27-21)26-23(29)22-19(9-10-25-22)15-5-3-2-4-6-15/h2-8,11-12,18-19,22,25,27H,9-10,13-14H2,1H3,(H,26,29)/t19-,22+/m0/s1. The number of carbonyl (C=O) groups excluding carboxylic acids is 2. The number of H-pyrrole nitrogens is 1. The summed E-state index contributed by atoms with van der Waals surface area (Å²) in [6.07, 6.45) is 1.06. The lowest BCUT2D eigenvalue weighted by Gasteiger charge is -2.37. The number of benzene rings is 2. The van der Waals surface area contributed by atoms with Gasteiger partial charge in [0.15, 0.2) is 0 Å². The van der Waals surface area contributed by atoms with E-state index in [1.165, 1.54) is 5.56 Å². The SMILES string of the molecule is COC1CN(C(=O)c2cc3cc(NC(=O)[C@@H]4NCC[C@H]4c4ccccc4)ccc3[nH]2)C1. The molecule has 2 fully saturated rings. The van der Waals surface area contributed by atoms with Gasteiger partial charge in [-0.15, -0.1) is 0 Å². The number of aromatic nitrogens is 1. The molecule has 2 saturated heterocycles. The summed E-state index contributed by atoms with van der Waals surface area (Å²) in [7, 11) is 1.66. The number of hydrogen-bond donors (Lipinski definition) is 3. The van der Waals surface area contributed by atoms with E-state index in [9.17, 15) is 9.59 Å². The van der Waals surface area contributed by atoms with Gasteiger partial charge in [0.05, 0.1) is 12.1 Å². The van der Waals surface area contributed by atoms with E-state index in [0.717, 1.165) is 29.6 Å². The topological polar surface area (TPSA) is 86.5 Å². The molecule has 2 aromatic carbocycles. The van der Waals surface area contributed by atoms with Gasteiger partial charge in [-0.3, -0.25) is 9.59 Å². The van der Waals surface area contributed by atoms with Gasteiger partial charge in [-0.2, -0.15) is 0 Å². The number of hydrogen-bond acceptors (Lipinski definition) is 4. The summed E-state index contributed by atoms with van der Waals surface area (Å²) in [6.45, 7) is 2.05. The molecule has 160 valence electrons. The number of aromatic amines is 1. The number of amides is 2. The monoisotopic (exact) mass is 418 g/mol. The summed E-state index contributed by atoms with van der Waals surface area (Å²) in [5.74, 6) is 0.0912. The molecule has 5 rings (SSSR count). The van der Waals surface area contributed by atoms with Crippen molar-refractivity contribution < 1.29 is 14.3 Å². The Labute approximate surface area is 180 Å². The molecule has 1 aromatic heterocycles. The van der Waals surface area contributed by atoms with E-state index < -0.39 is 0 Å². The third kappa shape index (κ3) is 3.82. The summed E-state index contributed by atoms with van der Waals surface area (Å²) in [5, 5.41) is 7.27. The second-order valence-corrected chi connectivity index (χ2v) is 8.28. The Balaban J connectivity index is 1.29. The van der Waals surface area contributed by atoms with Gasteiger partial charge in [-0.05, 0) is 42.8 Å². The molecule has 3 N–H and O–H groups in total. The molecule has 0 bridgehead atoms. The van der Waals surface area contributed by atoms with Gasteiger partial charge in [0.25, 0.3) is 5.91 Å². The van der Waals surface area contributed by atoms with Gasteiger partial charge in [-0.1, -0.05) is 30.3 Å². The molecule has 0 unspecified atom stereocenters. The lowest BCUT2D eigenvalue weighted by molar-refractivity contribution is -0.118. The van der Waals surface area contributed by atoms with Crippen molar-refractivity contribution in [2.24, 2.45) is 0 Å². The molecule has 7 heteroatoms. The minimum Gasteiger partial charge on any atom is -0.378 e. The number of ether oxygens (including phenoxy) is 1. The van der Waals surface area contributed by atoms with Crippen LogP contribution in [0.4, 0.5) is 5.69 Å². The van der Waals surface area contributed by atoms with Crippen LogP contribution in [0.3, 0.4) is 0 Å². The Morgan fingerprint density at radius 2 is 1.90 bits per heavy atom. The van der Waals surface area contributed by atoms with Crippen molar-refractivity contribution in [3.8, 4) is 0 Å². The Hall–Kier alpha value is -3.16. The fraction of sp³-hybridized carbons (Fsp3) is 0.333. The highest BCUT2D eigenvalue weighted by molar-refractivity contribution is 6.01. The maximum Gasteiger partial charge on any atom is 0.270 e. The lowest BCUT2D eigenvalue weighted by Crippen LogP contribution is -2.54. The number of rotatable bonds is 5. The van der Waals surface area contributed by atoms with Crippen molar-refractivity contribution in [1.29, 1.82) is 0 Å². The van der Waals surface area contributed by atoms with Crippen molar-refractivity contribution in [2.75, 3.05) is 32.1 Å². The van der Waals surface area contributed by atoms with Crippen molar-refractivity contribution >= 4 is 28.4 Å². The van der Waals surface area contributed by atoms with E-state index in [-0.39, 0.29) is 29.9 Å². The number of nitrogens with one attached hydrogen (secondary N) is 3. The van der Waals surface area contributed by atoms with E-state index in [1.807, 2.05) is 42.5 Å². The zero-order valence-corrected chi connectivity index (χ0v) is 17.4. The van der Waals surface area contributed by atoms with Crippen LogP contribution in [0.25, 0.3) is 10.9 Å². The van der Waals surface area contributed by atoms with Gasteiger partial charge in [0.2, 0.25) is 5.91 Å². The fourth-order valence-corrected chi connectivity index (χ4v) is 4.51. The molecule has 0 spiro atoms. The second kappa shape index (κ2) is 8.17. The fourth-order valence-electron chi connectivity index (χ4n) is 4.51. The predicted octanol–water partition coefficient (Wildman–Crippen LogP) is 2.72. The zero-order chi connectivity index (χ0) is 21.4. The summed E-state index contributed by atoms with van der Waals surface area (Å²) in [6, 6.07) is 17.4. The third-order valence-corrected chi connectivity index (χ3v) is 6.32. The highest BCUT2D eigenvalue weighted by atomic mass is 16.5. The average molecular weight is 418 g/mol. The summed E-state index contributed by atoms with van der Waals surface area (Å²) in [5.41, 5.74) is 3.32. The molecule has 2 atom stereocenters. The van der Waals surface area contributed by atoms with Gasteiger partial charge in [-0.25, -0.2) is 0 Å². The Morgan fingerprint density at radius 3 is 2.68 bits per heavy atom. The molecule has 0 saturated carbocycles. The van der Waals surface area contributed by atoms with Gasteiger partial charge >= 0.3 is 0 Å². The highest BCUT2D eigenvalue weighted by Crippen LogP contribution is 2.29. The molecule has 7 nitrogen and oxygen atoms in total. The van der Waals surface area contributed by atoms with Crippen molar-refractivity contribution in [3.63, 3.8) is 0 Å². The quantitative estimate of drug-likeness (QED) is 0.595. The van der Waals surface area contributed by atoms with E-state index in [1.54, 1.807) is 12.0 Å². The van der Waals surface area contributed by atoms with Crippen LogP contribution < -0.4 is 10.6 Å². The summed E-state index contributed by atoms with van der Waals surface area (Å²) >= 11 is 0. The largest absolute Gasteiger partial charge is 0.378 e. The molecule has 2 aliphatic heterocycles. The first kappa shape index (κ1) is 19.8. The normalized spacial score (nSPS) is 21.3. The molecule has 2 aliphatic rings. The van der Waals surface area contributed by atoms with E-state index >= 15 is 0 Å². The maximum atomic E-state index is 13.0. The molecule has 3 aromatic rings. The molecule has 0 radical (unpaired) electrons. The van der Waals surface area contributed by atoms with Crippen LogP contribution in [-0.2, 0) is 9.53 Å². The predicted molar refractivity (Wildman–Crippen MR) is 119 cm³/mol. The second-order valence-electron chi connectivity index (χ2n) is 8.28. The minimum atomic E-state index is -0.262. The first-order chi connectivity index (χ1) is 15.1. The first-order valence-corrected chi connectivity index (χ1v) is 10.7. The van der Waals surface area contributed by atoms with Crippen molar-refractivity contribution in [3.05, 3.63) is 65.9 Å². The van der Waals surface area contributed by atoms with E-state index in [2.05, 4.69) is 27.8 Å². The van der Waals surface area contributed by atoms with E-state index in [0.29, 0.717) is 18.8 Å². The van der Waals surface area contributed by atoms with Crippen LogP contribution in [0.5, 0.6) is 0 Å². The number of nitrogens with zero attached hydrogens (tertiary/aromatic N) is 1. The Morgan fingerprint density at radius 1 is 1.10 bits per heavy atom. The van der Waals surface area contributed by atoms with Gasteiger partial charge in [0.1, 0.15) is 5.69 Å². The molecular formula is C24H26N4O3. The molecular weight excluding hydrogens is 392 g/mol. The number of anilines is 1. The lowest BCUT2D eigenvalue weighted by atomic mass is 9.91. The van der Waals surface area contributed by atoms with Crippen LogP contribution >= 0.6 is 0 Å². The van der Waals surface area contributed by atoms with Crippen molar-refractivity contribution in [2.45, 2.75) is 24.5 Å². The van der Waals surface area contributed by atoms with Crippen LogP contribution in [0.2, 0.25) is 0 Å². The third-order valence-electron chi connectivity index (χ3n) is 6.32. The smallest absolute Gasteiger partial charge is 0.270 e. The maximum absolute atomic E-state index is 13.0. The molecule has 2 amide bonds. The Kier molecular flexibility index (Phi) is 5.21. The minimum absolute atomic E-state index is 0.0315.